The number of benzene rings is 3. The average molecular weight is 815 g/mol. The van der Waals surface area contributed by atoms with Crippen molar-refractivity contribution in [2.45, 2.75) is 80.8 Å². The number of thioether (sulfide) groups is 1. The van der Waals surface area contributed by atoms with E-state index < -0.39 is 59.2 Å². The Morgan fingerprint density at radius 3 is 2.59 bits per heavy atom. The van der Waals surface area contributed by atoms with Gasteiger partial charge in [-0.1, -0.05) is 6.07 Å². The van der Waals surface area contributed by atoms with Gasteiger partial charge in [-0.3, -0.25) is 19.9 Å². The normalized spacial score (nSPS) is 29.7. The van der Waals surface area contributed by atoms with Crippen molar-refractivity contribution >= 4 is 34.6 Å². The zero-order chi connectivity index (χ0) is 40.5. The largest absolute Gasteiger partial charge is 0.504 e. The number of aromatic nitrogens is 1. The fourth-order valence-corrected chi connectivity index (χ4v) is 12.5. The van der Waals surface area contributed by atoms with Crippen LogP contribution < -0.4 is 29.0 Å². The lowest BCUT2D eigenvalue weighted by Crippen LogP contribution is -2.70. The second kappa shape index (κ2) is 13.4. The summed E-state index contributed by atoms with van der Waals surface area (Å²) in [4.78, 5) is 35.7. The number of carbonyl (C=O) groups is 2. The maximum absolute atomic E-state index is 15.0. The van der Waals surface area contributed by atoms with Crippen LogP contribution in [0.1, 0.15) is 68.9 Å². The topological polar surface area (TPSA) is 185 Å². The van der Waals surface area contributed by atoms with Gasteiger partial charge in [0.1, 0.15) is 24.3 Å². The third kappa shape index (κ3) is 5.05. The Morgan fingerprint density at radius 2 is 1.84 bits per heavy atom. The van der Waals surface area contributed by atoms with Gasteiger partial charge in [0.05, 0.1) is 49.9 Å². The molecule has 2 fully saturated rings. The Labute approximate surface area is 338 Å². The van der Waals surface area contributed by atoms with Gasteiger partial charge in [-0.2, -0.15) is 0 Å². The number of aliphatic hydroxyl groups is 2. The first-order valence-corrected chi connectivity index (χ1v) is 20.5. The molecule has 0 radical (unpaired) electrons. The third-order valence-corrected chi connectivity index (χ3v) is 14.7. The minimum Gasteiger partial charge on any atom is -0.504 e. The van der Waals surface area contributed by atoms with Crippen LogP contribution in [0.5, 0.6) is 34.5 Å². The fraction of sp³-hybridized carbons (Fsp3) is 0.476. The van der Waals surface area contributed by atoms with Crippen LogP contribution in [0.2, 0.25) is 0 Å². The van der Waals surface area contributed by atoms with Crippen LogP contribution in [-0.4, -0.2) is 113 Å². The van der Waals surface area contributed by atoms with E-state index in [9.17, 15) is 20.1 Å². The predicted octanol–water partition coefficient (Wildman–Crippen LogP) is 3.55. The highest BCUT2D eigenvalue weighted by atomic mass is 32.2. The Bertz CT molecular complexity index is 2420. The van der Waals surface area contributed by atoms with Gasteiger partial charge in [0.2, 0.25) is 6.79 Å². The first-order valence-electron chi connectivity index (χ1n) is 19.5. The monoisotopic (exact) mass is 814 g/mol. The Morgan fingerprint density at radius 1 is 1.05 bits per heavy atom. The molecule has 15 nitrogen and oxygen atoms in total. The maximum Gasteiger partial charge on any atom is 0.333 e. The number of nitrogens with zero attached hydrogens (tertiary/aromatic N) is 2. The van der Waals surface area contributed by atoms with Crippen LogP contribution in [0.15, 0.2) is 24.3 Å². The molecule has 16 heteroatoms. The van der Waals surface area contributed by atoms with Crippen LogP contribution in [-0.2, 0) is 32.7 Å². The number of fused-ring (bicyclic) bond motifs is 11. The Balaban J connectivity index is 1.24. The molecule has 7 aliphatic heterocycles. The molecule has 0 unspecified atom stereocenters. The summed E-state index contributed by atoms with van der Waals surface area (Å²) in [5.41, 5.74) is 5.08. The minimum absolute atomic E-state index is 0.0326. The molecule has 11 rings (SSSR count). The third-order valence-electron chi connectivity index (χ3n) is 13.2. The molecule has 58 heavy (non-hydrogen) atoms. The number of aromatic amines is 1. The van der Waals surface area contributed by atoms with Crippen LogP contribution in [0, 0.1) is 13.8 Å². The van der Waals surface area contributed by atoms with E-state index in [0.29, 0.717) is 69.5 Å². The van der Waals surface area contributed by atoms with Gasteiger partial charge in [-0.05, 0) is 68.6 Å². The summed E-state index contributed by atoms with van der Waals surface area (Å²) in [6.07, 6.45) is -0.174. The number of likely N-dealkylation sites (N-methyl/N-ethyl adjacent to an activating group) is 1. The predicted molar refractivity (Wildman–Crippen MR) is 211 cm³/mol. The number of piperazine rings is 1. The van der Waals surface area contributed by atoms with Gasteiger partial charge in [0, 0.05) is 57.9 Å². The number of phenolic OH excluding ortho intramolecular Hbond substituents is 1. The van der Waals surface area contributed by atoms with E-state index in [4.69, 9.17) is 28.4 Å². The number of esters is 2. The van der Waals surface area contributed by atoms with E-state index in [1.54, 1.807) is 7.11 Å². The first kappa shape index (κ1) is 37.6. The number of aliphatic hydroxyl groups excluding tert-OH is 2. The molecule has 0 saturated carbocycles. The van der Waals surface area contributed by atoms with E-state index in [-0.39, 0.29) is 31.5 Å². The van der Waals surface area contributed by atoms with Crippen molar-refractivity contribution in [3.05, 3.63) is 68.9 Å². The molecule has 8 atom stereocenters. The number of hydrogen-bond donors (Lipinski definition) is 5. The van der Waals surface area contributed by atoms with Gasteiger partial charge >= 0.3 is 11.9 Å². The number of rotatable bonds is 4. The van der Waals surface area contributed by atoms with E-state index >= 15 is 4.79 Å². The number of phenols is 1. The molecule has 3 aromatic carbocycles. The minimum atomic E-state index is -1.47. The molecule has 0 amide bonds. The lowest BCUT2D eigenvalue weighted by atomic mass is 9.73. The van der Waals surface area contributed by atoms with Crippen molar-refractivity contribution in [1.82, 2.24) is 20.1 Å². The standard InChI is InChI=1S/C42H46N4O11S/c1-17-9-20-10-26-40(50)46-27-14-54-41(51)42(39-24(11-21(13-47)44-42)23-12-22(52-5)7-8-25(23)43-39)15-58-38(32(46)31(45(26)4)28(20)33(49)34(17)53-6)30-29(27)37-36(55-16-56-37)18(2)35(30)57-19(3)48/h7-9,12,21,26-27,31-32,38,40,43-44,47,49-50H,10-11,13-16H2,1-6H3/t21-,26+,27+,31-,32-,38-,40+,42-/m1/s1. The fourth-order valence-electron chi connectivity index (χ4n) is 10.8. The van der Waals surface area contributed by atoms with Crippen molar-refractivity contribution in [3.8, 4) is 34.5 Å². The molecular formula is C42H46N4O11S. The van der Waals surface area contributed by atoms with Crippen LogP contribution in [0.3, 0.4) is 0 Å². The number of methoxy groups -OCH3 is 2. The van der Waals surface area contributed by atoms with Gasteiger partial charge in [-0.25, -0.2) is 4.79 Å². The van der Waals surface area contributed by atoms with E-state index in [1.165, 1.54) is 25.8 Å². The summed E-state index contributed by atoms with van der Waals surface area (Å²) < 4.78 is 36.2. The molecule has 4 bridgehead atoms. The van der Waals surface area contributed by atoms with Gasteiger partial charge < -0.3 is 48.7 Å². The zero-order valence-corrected chi connectivity index (χ0v) is 33.8. The summed E-state index contributed by atoms with van der Waals surface area (Å²) in [5, 5.41) is 39.2. The van der Waals surface area contributed by atoms with E-state index in [2.05, 4.69) is 15.2 Å². The van der Waals surface area contributed by atoms with Crippen molar-refractivity contribution in [1.29, 1.82) is 0 Å². The van der Waals surface area contributed by atoms with Crippen molar-refractivity contribution in [2.24, 2.45) is 0 Å². The van der Waals surface area contributed by atoms with Crippen molar-refractivity contribution < 1.29 is 53.3 Å². The molecule has 2 saturated heterocycles. The number of H-pyrrole nitrogens is 1. The number of aromatic hydroxyl groups is 1. The van der Waals surface area contributed by atoms with Gasteiger partial charge in [0.15, 0.2) is 28.5 Å². The summed E-state index contributed by atoms with van der Waals surface area (Å²) in [7, 11) is 5.10. The molecule has 1 aromatic heterocycles. The van der Waals surface area contributed by atoms with Crippen molar-refractivity contribution in [2.75, 3.05) is 47.0 Å². The molecular weight excluding hydrogens is 769 g/mol. The van der Waals surface area contributed by atoms with Crippen LogP contribution >= 0.6 is 11.8 Å². The number of hydrogen-bond acceptors (Lipinski definition) is 15. The molecule has 306 valence electrons. The highest BCUT2D eigenvalue weighted by molar-refractivity contribution is 7.99. The van der Waals surface area contributed by atoms with E-state index in [0.717, 1.165) is 27.6 Å². The van der Waals surface area contributed by atoms with Crippen LogP contribution in [0.25, 0.3) is 10.9 Å². The van der Waals surface area contributed by atoms with Crippen LogP contribution in [0.4, 0.5) is 0 Å². The SMILES string of the molecule is COc1ccc2[nH]c3c(c2c1)C[C@H](CO)N[C@]31CS[C@@H]2c3c(OC(C)=O)c(C)c4c(c3[C@H](COC1=O)N1[C@@H]2[C@H]2c3c(cc(C)c(OC)c3O)C[C@@H]([C@@H]1O)N2C)OCO4. The van der Waals surface area contributed by atoms with E-state index in [1.807, 2.05) is 50.1 Å². The summed E-state index contributed by atoms with van der Waals surface area (Å²) in [5.74, 6) is 1.28. The molecule has 7 aliphatic rings. The average Bonchev–Trinajstić information content (AvgIpc) is 3.85. The number of nitrogens with one attached hydrogen (secondary N) is 2. The van der Waals surface area contributed by atoms with Crippen molar-refractivity contribution in [3.63, 3.8) is 0 Å². The lowest BCUT2D eigenvalue weighted by Gasteiger charge is -2.62. The molecule has 4 aromatic rings. The molecule has 5 N–H and O–H groups in total. The lowest BCUT2D eigenvalue weighted by molar-refractivity contribution is -0.186. The molecule has 0 aliphatic carbocycles. The summed E-state index contributed by atoms with van der Waals surface area (Å²) in [6, 6.07) is 4.91. The smallest absolute Gasteiger partial charge is 0.333 e. The summed E-state index contributed by atoms with van der Waals surface area (Å²) in [6.45, 7) is 4.55. The second-order valence-electron chi connectivity index (χ2n) is 16.2. The van der Waals surface area contributed by atoms with Gasteiger partial charge in [-0.15, -0.1) is 11.8 Å². The Kier molecular flexibility index (Phi) is 8.68. The number of ether oxygens (including phenoxy) is 6. The van der Waals surface area contributed by atoms with Gasteiger partial charge in [0.25, 0.3) is 0 Å². The highest BCUT2D eigenvalue weighted by Crippen LogP contribution is 2.64. The Hall–Kier alpha value is -4.71. The maximum atomic E-state index is 15.0. The molecule has 8 heterocycles. The first-order chi connectivity index (χ1) is 27.9. The number of aryl methyl sites for hydroxylation is 1. The number of carbonyl (C=O) groups excluding carboxylic acids is 2. The highest BCUT2D eigenvalue weighted by Gasteiger charge is 2.62. The second-order valence-corrected chi connectivity index (χ2v) is 17.3. The zero-order valence-electron chi connectivity index (χ0n) is 33.0. The summed E-state index contributed by atoms with van der Waals surface area (Å²) >= 11 is 1.46. The molecule has 1 spiro atoms. The quantitative estimate of drug-likeness (QED) is 0.149.